The van der Waals surface area contributed by atoms with Crippen LogP contribution in [0, 0.1) is 11.7 Å². The summed E-state index contributed by atoms with van der Waals surface area (Å²) in [5.74, 6) is -0.652. The first-order valence-electron chi connectivity index (χ1n) is 8.39. The maximum Gasteiger partial charge on any atom is 0.298 e. The van der Waals surface area contributed by atoms with Crippen molar-refractivity contribution in [2.75, 3.05) is 18.0 Å². The number of fused-ring (bicyclic) bond motifs is 1. The van der Waals surface area contributed by atoms with E-state index in [1.165, 1.54) is 12.1 Å². The van der Waals surface area contributed by atoms with E-state index < -0.39 is 6.10 Å². The van der Waals surface area contributed by atoms with E-state index in [0.717, 1.165) is 12.8 Å². The minimum Gasteiger partial charge on any atom is -0.423 e. The number of piperidine rings is 1. The Hall–Kier alpha value is -2.15. The molecule has 1 atom stereocenters. The number of nitrogens with zero attached hydrogens (tertiary/aromatic N) is 2. The zero-order chi connectivity index (χ0) is 16.7. The van der Waals surface area contributed by atoms with Gasteiger partial charge in [0.1, 0.15) is 17.4 Å². The zero-order valence-electron chi connectivity index (χ0n) is 13.2. The van der Waals surface area contributed by atoms with Crippen molar-refractivity contribution in [2.45, 2.75) is 37.8 Å². The number of oxazole rings is 1. The quantitative estimate of drug-likeness (QED) is 0.892. The van der Waals surface area contributed by atoms with E-state index in [-0.39, 0.29) is 23.7 Å². The van der Waals surface area contributed by atoms with Gasteiger partial charge in [0, 0.05) is 25.2 Å². The van der Waals surface area contributed by atoms with E-state index in [0.29, 0.717) is 43.0 Å². The number of rotatable bonds is 4. The fourth-order valence-electron chi connectivity index (χ4n) is 3.16. The third-order valence-corrected chi connectivity index (χ3v) is 4.79. The highest BCUT2D eigenvalue weighted by Gasteiger charge is 2.33. The number of hydrogen-bond acceptors (Lipinski definition) is 5. The van der Waals surface area contributed by atoms with Crippen molar-refractivity contribution in [3.05, 3.63) is 24.0 Å². The SMILES string of the molecule is O=C(NC1CC1)C(O)C1CCN(c2nc3cc(F)ccc3o2)CC1. The molecule has 24 heavy (non-hydrogen) atoms. The highest BCUT2D eigenvalue weighted by Crippen LogP contribution is 2.28. The molecule has 0 spiro atoms. The predicted octanol–water partition coefficient (Wildman–Crippen LogP) is 1.82. The molecule has 2 heterocycles. The second-order valence-electron chi connectivity index (χ2n) is 6.66. The van der Waals surface area contributed by atoms with Crippen molar-refractivity contribution in [2.24, 2.45) is 5.92 Å². The van der Waals surface area contributed by atoms with E-state index in [9.17, 15) is 14.3 Å². The van der Waals surface area contributed by atoms with Crippen LogP contribution in [0.5, 0.6) is 0 Å². The topological polar surface area (TPSA) is 78.6 Å². The van der Waals surface area contributed by atoms with E-state index >= 15 is 0 Å². The molecule has 4 rings (SSSR count). The highest BCUT2D eigenvalue weighted by molar-refractivity contribution is 5.81. The lowest BCUT2D eigenvalue weighted by Crippen LogP contribution is -2.45. The molecule has 1 aromatic heterocycles. The van der Waals surface area contributed by atoms with Gasteiger partial charge in [0.15, 0.2) is 5.58 Å². The molecule has 1 aliphatic heterocycles. The van der Waals surface area contributed by atoms with Gasteiger partial charge in [0.2, 0.25) is 5.91 Å². The average Bonchev–Trinajstić information content (AvgIpc) is 3.30. The monoisotopic (exact) mass is 333 g/mol. The Balaban J connectivity index is 1.38. The van der Waals surface area contributed by atoms with Crippen LogP contribution in [0.25, 0.3) is 11.1 Å². The highest BCUT2D eigenvalue weighted by atomic mass is 19.1. The molecule has 2 aliphatic rings. The lowest BCUT2D eigenvalue weighted by Gasteiger charge is -2.32. The van der Waals surface area contributed by atoms with Crippen LogP contribution in [-0.4, -0.2) is 41.2 Å². The first-order valence-corrected chi connectivity index (χ1v) is 8.39. The lowest BCUT2D eigenvalue weighted by atomic mass is 9.91. The van der Waals surface area contributed by atoms with Gasteiger partial charge in [-0.1, -0.05) is 0 Å². The molecule has 1 aromatic carbocycles. The molecule has 2 fully saturated rings. The summed E-state index contributed by atoms with van der Waals surface area (Å²) in [4.78, 5) is 18.3. The van der Waals surface area contributed by atoms with Crippen LogP contribution < -0.4 is 10.2 Å². The molecule has 0 radical (unpaired) electrons. The summed E-state index contributed by atoms with van der Waals surface area (Å²) in [6.45, 7) is 1.29. The van der Waals surface area contributed by atoms with Gasteiger partial charge in [-0.2, -0.15) is 4.98 Å². The number of carbonyl (C=O) groups excluding carboxylic acids is 1. The maximum absolute atomic E-state index is 13.2. The Labute approximate surface area is 138 Å². The summed E-state index contributed by atoms with van der Waals surface area (Å²) in [6.07, 6.45) is 2.44. The molecule has 128 valence electrons. The number of aliphatic hydroxyl groups excluding tert-OH is 1. The van der Waals surface area contributed by atoms with Gasteiger partial charge < -0.3 is 19.7 Å². The third kappa shape index (κ3) is 3.08. The molecule has 1 unspecified atom stereocenters. The number of nitrogens with one attached hydrogen (secondary N) is 1. The Morgan fingerprint density at radius 2 is 2.08 bits per heavy atom. The van der Waals surface area contributed by atoms with Gasteiger partial charge in [-0.05, 0) is 43.7 Å². The van der Waals surface area contributed by atoms with Crippen molar-refractivity contribution in [1.29, 1.82) is 0 Å². The average molecular weight is 333 g/mol. The van der Waals surface area contributed by atoms with Crippen LogP contribution in [-0.2, 0) is 4.79 Å². The van der Waals surface area contributed by atoms with Gasteiger partial charge in [-0.3, -0.25) is 4.79 Å². The maximum atomic E-state index is 13.2. The second-order valence-corrected chi connectivity index (χ2v) is 6.66. The van der Waals surface area contributed by atoms with E-state index in [4.69, 9.17) is 4.42 Å². The van der Waals surface area contributed by atoms with Crippen molar-refractivity contribution >= 4 is 23.0 Å². The molecule has 0 bridgehead atoms. The summed E-state index contributed by atoms with van der Waals surface area (Å²) in [6, 6.07) is 4.98. The number of aliphatic hydroxyl groups is 1. The van der Waals surface area contributed by atoms with E-state index in [2.05, 4.69) is 10.3 Å². The van der Waals surface area contributed by atoms with Crippen LogP contribution in [0.2, 0.25) is 0 Å². The number of amides is 1. The van der Waals surface area contributed by atoms with Crippen LogP contribution in [0.15, 0.2) is 22.6 Å². The molecule has 1 saturated carbocycles. The molecule has 2 N–H and O–H groups in total. The second kappa shape index (κ2) is 6.05. The lowest BCUT2D eigenvalue weighted by molar-refractivity contribution is -0.132. The Morgan fingerprint density at radius 3 is 2.79 bits per heavy atom. The Bertz CT molecular complexity index is 751. The van der Waals surface area contributed by atoms with Crippen LogP contribution in [0.1, 0.15) is 25.7 Å². The predicted molar refractivity (Wildman–Crippen MR) is 86.1 cm³/mol. The molecule has 7 heteroatoms. The number of carbonyl (C=O) groups is 1. The molecule has 2 aromatic rings. The van der Waals surface area contributed by atoms with Gasteiger partial charge in [0.05, 0.1) is 0 Å². The van der Waals surface area contributed by atoms with Gasteiger partial charge in [-0.15, -0.1) is 0 Å². The minimum atomic E-state index is -0.953. The number of benzene rings is 1. The normalized spacial score (nSPS) is 20.3. The Morgan fingerprint density at radius 1 is 1.33 bits per heavy atom. The largest absolute Gasteiger partial charge is 0.423 e. The molecule has 1 saturated heterocycles. The number of halogens is 1. The molecular formula is C17H20FN3O3. The van der Waals surface area contributed by atoms with Crippen molar-refractivity contribution in [3.63, 3.8) is 0 Å². The van der Waals surface area contributed by atoms with Gasteiger partial charge in [0.25, 0.3) is 6.01 Å². The number of aromatic nitrogens is 1. The third-order valence-electron chi connectivity index (χ3n) is 4.79. The zero-order valence-corrected chi connectivity index (χ0v) is 13.2. The first-order chi connectivity index (χ1) is 11.6. The number of hydrogen-bond donors (Lipinski definition) is 2. The standard InChI is InChI=1S/C17H20FN3O3/c18-11-1-4-14-13(9-11)20-17(24-14)21-7-5-10(6-8-21)15(22)16(23)19-12-2-3-12/h1,4,9-10,12,15,22H,2-3,5-8H2,(H,19,23). The van der Waals surface area contributed by atoms with Gasteiger partial charge in [-0.25, -0.2) is 4.39 Å². The van der Waals surface area contributed by atoms with Crippen LogP contribution >= 0.6 is 0 Å². The van der Waals surface area contributed by atoms with Gasteiger partial charge >= 0.3 is 0 Å². The number of anilines is 1. The van der Waals surface area contributed by atoms with Crippen LogP contribution in [0.4, 0.5) is 10.4 Å². The fraction of sp³-hybridized carbons (Fsp3) is 0.529. The fourth-order valence-corrected chi connectivity index (χ4v) is 3.16. The smallest absolute Gasteiger partial charge is 0.298 e. The molecule has 6 nitrogen and oxygen atoms in total. The van der Waals surface area contributed by atoms with Crippen molar-refractivity contribution in [3.8, 4) is 0 Å². The van der Waals surface area contributed by atoms with Crippen LogP contribution in [0.3, 0.4) is 0 Å². The molecule has 1 aliphatic carbocycles. The summed E-state index contributed by atoms with van der Waals surface area (Å²) in [5.41, 5.74) is 1.05. The summed E-state index contributed by atoms with van der Waals surface area (Å²) < 4.78 is 18.9. The molecule has 1 amide bonds. The Kier molecular flexibility index (Phi) is 3.88. The molecular weight excluding hydrogens is 313 g/mol. The first kappa shape index (κ1) is 15.4. The minimum absolute atomic E-state index is 0.0539. The van der Waals surface area contributed by atoms with Crippen molar-refractivity contribution < 1.29 is 18.7 Å². The summed E-state index contributed by atoms with van der Waals surface area (Å²) >= 11 is 0. The summed E-state index contributed by atoms with van der Waals surface area (Å²) in [5, 5.41) is 13.1. The van der Waals surface area contributed by atoms with Crippen molar-refractivity contribution in [1.82, 2.24) is 10.3 Å². The van der Waals surface area contributed by atoms with E-state index in [1.54, 1.807) is 6.07 Å². The summed E-state index contributed by atoms with van der Waals surface area (Å²) in [7, 11) is 0. The van der Waals surface area contributed by atoms with E-state index in [1.807, 2.05) is 4.90 Å².